The fourth-order valence-electron chi connectivity index (χ4n) is 2.20. The van der Waals surface area contributed by atoms with Crippen LogP contribution in [0.5, 0.6) is 5.75 Å². The Morgan fingerprint density at radius 1 is 1.32 bits per heavy atom. The minimum absolute atomic E-state index is 0.170. The van der Waals surface area contributed by atoms with Gasteiger partial charge in [-0.1, -0.05) is 0 Å². The Hall–Kier alpha value is -2.56. The molecular formula is C14H13N3O2. The fourth-order valence-corrected chi connectivity index (χ4v) is 2.20. The number of hydrogen-bond donors (Lipinski definition) is 1. The first-order valence-corrected chi connectivity index (χ1v) is 5.90. The zero-order chi connectivity index (χ0) is 13.4. The summed E-state index contributed by atoms with van der Waals surface area (Å²) in [6, 6.07) is 7.44. The predicted molar refractivity (Wildman–Crippen MR) is 73.0 cm³/mol. The summed E-state index contributed by atoms with van der Waals surface area (Å²) in [4.78, 5) is 18.9. The van der Waals surface area contributed by atoms with Crippen LogP contribution in [0.1, 0.15) is 5.56 Å². The van der Waals surface area contributed by atoms with E-state index in [9.17, 15) is 4.79 Å². The zero-order valence-electron chi connectivity index (χ0n) is 10.7. The Bertz CT molecular complexity index is 802. The summed E-state index contributed by atoms with van der Waals surface area (Å²) in [5.74, 6) is 0.774. The van der Waals surface area contributed by atoms with Gasteiger partial charge in [0.05, 0.1) is 30.0 Å². The van der Waals surface area contributed by atoms with Gasteiger partial charge in [-0.15, -0.1) is 0 Å². The van der Waals surface area contributed by atoms with E-state index in [1.54, 1.807) is 24.1 Å². The highest BCUT2D eigenvalue weighted by atomic mass is 16.5. The summed E-state index contributed by atoms with van der Waals surface area (Å²) in [6.07, 6.45) is 3.32. The van der Waals surface area contributed by atoms with Crippen molar-refractivity contribution in [2.24, 2.45) is 0 Å². The van der Waals surface area contributed by atoms with Crippen molar-refractivity contribution in [2.75, 3.05) is 7.11 Å². The highest BCUT2D eigenvalue weighted by Crippen LogP contribution is 2.22. The number of imidazole rings is 1. The number of aryl methyl sites for hydroxylation is 1. The largest absolute Gasteiger partial charge is 0.497 e. The number of pyridine rings is 1. The van der Waals surface area contributed by atoms with E-state index in [1.807, 2.05) is 31.2 Å². The van der Waals surface area contributed by atoms with Gasteiger partial charge in [-0.25, -0.2) is 4.79 Å². The Kier molecular flexibility index (Phi) is 2.59. The Morgan fingerprint density at radius 2 is 2.16 bits per heavy atom. The number of rotatable bonds is 2. The van der Waals surface area contributed by atoms with Crippen LogP contribution in [0.15, 0.2) is 41.5 Å². The molecule has 19 heavy (non-hydrogen) atoms. The van der Waals surface area contributed by atoms with Crippen LogP contribution < -0.4 is 10.4 Å². The molecular weight excluding hydrogens is 242 g/mol. The zero-order valence-corrected chi connectivity index (χ0v) is 10.7. The quantitative estimate of drug-likeness (QED) is 0.762. The molecule has 96 valence electrons. The maximum atomic E-state index is 12.1. The number of methoxy groups -OCH3 is 1. The number of hydrogen-bond acceptors (Lipinski definition) is 3. The number of aromatic nitrogens is 3. The third-order valence-corrected chi connectivity index (χ3v) is 3.13. The summed E-state index contributed by atoms with van der Waals surface area (Å²) in [6.45, 7) is 1.95. The Balaban J connectivity index is 2.30. The molecule has 0 spiro atoms. The molecule has 0 aliphatic rings. The van der Waals surface area contributed by atoms with E-state index >= 15 is 0 Å². The summed E-state index contributed by atoms with van der Waals surface area (Å²) in [5, 5.41) is 0. The predicted octanol–water partition coefficient (Wildman–Crippen LogP) is 2.03. The van der Waals surface area contributed by atoms with Crippen molar-refractivity contribution >= 4 is 11.0 Å². The van der Waals surface area contributed by atoms with Crippen LogP contribution in [0.3, 0.4) is 0 Å². The molecule has 0 amide bonds. The van der Waals surface area contributed by atoms with Crippen molar-refractivity contribution in [3.8, 4) is 11.4 Å². The number of fused-ring (bicyclic) bond motifs is 1. The number of aromatic amines is 1. The van der Waals surface area contributed by atoms with Gasteiger partial charge < -0.3 is 9.72 Å². The molecule has 0 aliphatic carbocycles. The van der Waals surface area contributed by atoms with E-state index in [0.717, 1.165) is 28.0 Å². The van der Waals surface area contributed by atoms with Crippen LogP contribution in [0, 0.1) is 6.92 Å². The average molecular weight is 255 g/mol. The second-order valence-electron chi connectivity index (χ2n) is 4.31. The number of nitrogens with zero attached hydrogens (tertiary/aromatic N) is 2. The lowest BCUT2D eigenvalue weighted by Crippen LogP contribution is -2.15. The minimum Gasteiger partial charge on any atom is -0.497 e. The fraction of sp³-hybridized carbons (Fsp3) is 0.143. The molecule has 3 rings (SSSR count). The van der Waals surface area contributed by atoms with Crippen molar-refractivity contribution in [3.63, 3.8) is 0 Å². The molecule has 0 atom stereocenters. The van der Waals surface area contributed by atoms with Crippen molar-refractivity contribution in [3.05, 3.63) is 52.7 Å². The SMILES string of the molecule is COc1ccc(-n2c(=O)[nH]c3cnccc32)c(C)c1. The van der Waals surface area contributed by atoms with Gasteiger partial charge in [-0.3, -0.25) is 9.55 Å². The Morgan fingerprint density at radius 3 is 2.89 bits per heavy atom. The maximum Gasteiger partial charge on any atom is 0.331 e. The van der Waals surface area contributed by atoms with E-state index in [1.165, 1.54) is 0 Å². The van der Waals surface area contributed by atoms with Gasteiger partial charge in [0.2, 0.25) is 0 Å². The van der Waals surface area contributed by atoms with Crippen LogP contribution in [0.25, 0.3) is 16.7 Å². The van der Waals surface area contributed by atoms with Gasteiger partial charge in [0.15, 0.2) is 0 Å². The van der Waals surface area contributed by atoms with E-state index < -0.39 is 0 Å². The first-order chi connectivity index (χ1) is 9.20. The third-order valence-electron chi connectivity index (χ3n) is 3.13. The molecule has 5 heteroatoms. The highest BCUT2D eigenvalue weighted by molar-refractivity contribution is 5.76. The smallest absolute Gasteiger partial charge is 0.331 e. The highest BCUT2D eigenvalue weighted by Gasteiger charge is 2.10. The van der Waals surface area contributed by atoms with Crippen molar-refractivity contribution in [1.29, 1.82) is 0 Å². The van der Waals surface area contributed by atoms with Crippen LogP contribution >= 0.6 is 0 Å². The van der Waals surface area contributed by atoms with Crippen molar-refractivity contribution < 1.29 is 4.74 Å². The summed E-state index contributed by atoms with van der Waals surface area (Å²) in [5.41, 5.74) is 3.18. The monoisotopic (exact) mass is 255 g/mol. The number of H-pyrrole nitrogens is 1. The van der Waals surface area contributed by atoms with Gasteiger partial charge >= 0.3 is 5.69 Å². The molecule has 1 N–H and O–H groups in total. The van der Waals surface area contributed by atoms with Gasteiger partial charge in [-0.05, 0) is 36.8 Å². The van der Waals surface area contributed by atoms with E-state index in [2.05, 4.69) is 9.97 Å². The standard InChI is InChI=1S/C14H13N3O2/c1-9-7-10(19-2)3-4-12(9)17-13-5-6-15-8-11(13)16-14(17)18/h3-8H,1-2H3,(H,16,18). The lowest BCUT2D eigenvalue weighted by atomic mass is 10.2. The van der Waals surface area contributed by atoms with Crippen LogP contribution in [-0.4, -0.2) is 21.6 Å². The first-order valence-electron chi connectivity index (χ1n) is 5.90. The van der Waals surface area contributed by atoms with Crippen LogP contribution in [0.2, 0.25) is 0 Å². The van der Waals surface area contributed by atoms with Gasteiger partial charge in [0, 0.05) is 6.20 Å². The van der Waals surface area contributed by atoms with Crippen LogP contribution in [-0.2, 0) is 0 Å². The normalized spacial score (nSPS) is 10.8. The van der Waals surface area contributed by atoms with Crippen molar-refractivity contribution in [1.82, 2.24) is 14.5 Å². The Labute approximate surface area is 109 Å². The molecule has 5 nitrogen and oxygen atoms in total. The third kappa shape index (κ3) is 1.79. The molecule has 1 aromatic carbocycles. The number of nitrogens with one attached hydrogen (secondary N) is 1. The van der Waals surface area contributed by atoms with Crippen molar-refractivity contribution in [2.45, 2.75) is 6.92 Å². The molecule has 0 aliphatic heterocycles. The van der Waals surface area contributed by atoms with E-state index in [-0.39, 0.29) is 5.69 Å². The number of benzene rings is 1. The number of ether oxygens (including phenoxy) is 1. The molecule has 0 radical (unpaired) electrons. The van der Waals surface area contributed by atoms with E-state index in [4.69, 9.17) is 4.74 Å². The van der Waals surface area contributed by atoms with Gasteiger partial charge in [0.25, 0.3) is 0 Å². The minimum atomic E-state index is -0.170. The second-order valence-corrected chi connectivity index (χ2v) is 4.31. The summed E-state index contributed by atoms with van der Waals surface area (Å²) < 4.78 is 6.82. The molecule has 2 heterocycles. The van der Waals surface area contributed by atoms with Crippen LogP contribution in [0.4, 0.5) is 0 Å². The molecule has 0 unspecified atom stereocenters. The molecule has 2 aromatic heterocycles. The average Bonchev–Trinajstić information content (AvgIpc) is 2.75. The lowest BCUT2D eigenvalue weighted by Gasteiger charge is -2.09. The second kappa shape index (κ2) is 4.28. The molecule has 0 bridgehead atoms. The topological polar surface area (TPSA) is 59.9 Å². The van der Waals surface area contributed by atoms with E-state index in [0.29, 0.717) is 0 Å². The lowest BCUT2D eigenvalue weighted by molar-refractivity contribution is 0.414. The molecule has 0 saturated heterocycles. The first kappa shape index (κ1) is 11.5. The molecule has 0 saturated carbocycles. The van der Waals surface area contributed by atoms with Gasteiger partial charge in [-0.2, -0.15) is 0 Å². The molecule has 3 aromatic rings. The molecule has 0 fully saturated rings. The summed E-state index contributed by atoms with van der Waals surface area (Å²) >= 11 is 0. The maximum absolute atomic E-state index is 12.1. The summed E-state index contributed by atoms with van der Waals surface area (Å²) in [7, 11) is 1.62. The van der Waals surface area contributed by atoms with Gasteiger partial charge in [0.1, 0.15) is 5.75 Å².